The Bertz CT molecular complexity index is 1420. The van der Waals surface area contributed by atoms with Crippen molar-refractivity contribution >= 4 is 29.2 Å². The molecule has 0 aromatic heterocycles. The summed E-state index contributed by atoms with van der Waals surface area (Å²) < 4.78 is 0. The molecule has 1 aromatic carbocycles. The zero-order valence-electron chi connectivity index (χ0n) is 24.1. The number of Topliss-reactive ketones (excluding diaryl/α,β-unsaturated/α-hetero) is 2. The minimum Gasteiger partial charge on any atom is -0.508 e. The van der Waals surface area contributed by atoms with Crippen LogP contribution >= 0.6 is 0 Å². The molecule has 1 saturated carbocycles. The van der Waals surface area contributed by atoms with E-state index < -0.39 is 87.0 Å². The molecule has 10 N–H and O–H groups in total. The van der Waals surface area contributed by atoms with Gasteiger partial charge in [0.1, 0.15) is 28.9 Å². The van der Waals surface area contributed by atoms with Gasteiger partial charge in [-0.25, -0.2) is 0 Å². The van der Waals surface area contributed by atoms with E-state index in [9.17, 15) is 44.7 Å². The number of aliphatic carboxylic acids is 1. The predicted molar refractivity (Wildman–Crippen MR) is 151 cm³/mol. The van der Waals surface area contributed by atoms with Crippen LogP contribution in [0.5, 0.6) is 5.75 Å². The molecule has 0 radical (unpaired) electrons. The largest absolute Gasteiger partial charge is 0.508 e. The van der Waals surface area contributed by atoms with Crippen LogP contribution in [0.4, 0.5) is 0 Å². The minimum absolute atomic E-state index is 0.150. The first-order valence-corrected chi connectivity index (χ1v) is 14.0. The van der Waals surface area contributed by atoms with Gasteiger partial charge in [-0.3, -0.25) is 29.4 Å². The van der Waals surface area contributed by atoms with E-state index >= 15 is 0 Å². The van der Waals surface area contributed by atoms with Crippen LogP contribution in [0.1, 0.15) is 43.7 Å². The fourth-order valence-corrected chi connectivity index (χ4v) is 6.54. The van der Waals surface area contributed by atoms with E-state index in [1.54, 1.807) is 0 Å². The molecule has 1 fully saturated rings. The molecule has 0 bridgehead atoms. The number of amides is 1. The highest BCUT2D eigenvalue weighted by molar-refractivity contribution is 6.25. The lowest BCUT2D eigenvalue weighted by atomic mass is 9.54. The van der Waals surface area contributed by atoms with Gasteiger partial charge in [-0.2, -0.15) is 0 Å². The summed E-state index contributed by atoms with van der Waals surface area (Å²) in [7, 11) is 3.02. The first-order chi connectivity index (χ1) is 20.1. The third-order valence-electron chi connectivity index (χ3n) is 8.81. The van der Waals surface area contributed by atoms with Crippen LogP contribution in [-0.4, -0.2) is 104 Å². The van der Waals surface area contributed by atoms with Gasteiger partial charge in [0, 0.05) is 17.4 Å². The zero-order valence-corrected chi connectivity index (χ0v) is 24.1. The number of aliphatic hydroxyl groups excluding tert-OH is 2. The Labute approximate surface area is 247 Å². The fourth-order valence-electron chi connectivity index (χ4n) is 6.54. The van der Waals surface area contributed by atoms with E-state index in [1.807, 2.05) is 0 Å². The third kappa shape index (κ3) is 5.18. The maximum absolute atomic E-state index is 14.1. The van der Waals surface area contributed by atoms with Crippen molar-refractivity contribution in [1.82, 2.24) is 15.5 Å². The molecule has 6 atom stereocenters. The molecule has 1 amide bonds. The number of aliphatic hydroxyl groups is 4. The number of nitrogens with two attached hydrogens (primary N) is 1. The lowest BCUT2D eigenvalue weighted by Gasteiger charge is -2.53. The van der Waals surface area contributed by atoms with Crippen molar-refractivity contribution in [2.75, 3.05) is 27.3 Å². The topological polar surface area (TPSA) is 243 Å². The maximum Gasteiger partial charge on any atom is 0.320 e. The molecule has 0 saturated heterocycles. The Morgan fingerprint density at radius 1 is 1.14 bits per heavy atom. The molecule has 5 unspecified atom stereocenters. The van der Waals surface area contributed by atoms with E-state index in [0.29, 0.717) is 19.4 Å². The normalized spacial score (nSPS) is 29.2. The fraction of sp³-hybridized carbons (Fsp3) is 0.517. The number of fused-ring (bicyclic) bond motifs is 3. The number of unbranched alkanes of at least 4 members (excludes halogenated alkanes) is 1. The maximum atomic E-state index is 14.1. The molecule has 14 nitrogen and oxygen atoms in total. The van der Waals surface area contributed by atoms with Crippen molar-refractivity contribution in [3.8, 4) is 5.75 Å². The quantitative estimate of drug-likeness (QED) is 0.0923. The van der Waals surface area contributed by atoms with E-state index in [-0.39, 0.29) is 30.6 Å². The summed E-state index contributed by atoms with van der Waals surface area (Å²) in [6, 6.07) is 1.99. The van der Waals surface area contributed by atoms with Crippen molar-refractivity contribution in [3.05, 3.63) is 46.2 Å². The first-order valence-electron chi connectivity index (χ1n) is 14.0. The second-order valence-electron chi connectivity index (χ2n) is 11.7. The number of phenolic OH excluding ortho intramolecular Hbond substituents is 1. The average molecular weight is 603 g/mol. The number of phenols is 1. The number of aromatic hydroxyl groups is 1. The predicted octanol–water partition coefficient (Wildman–Crippen LogP) is -0.611. The van der Waals surface area contributed by atoms with Crippen LogP contribution in [0.2, 0.25) is 0 Å². The number of rotatable bonds is 10. The minimum atomic E-state index is -2.80. The van der Waals surface area contributed by atoms with Crippen LogP contribution in [-0.2, 0) is 24.8 Å². The Morgan fingerprint density at radius 2 is 1.81 bits per heavy atom. The summed E-state index contributed by atoms with van der Waals surface area (Å²) in [6.45, 7) is 1.63. The van der Waals surface area contributed by atoms with Gasteiger partial charge in [-0.15, -0.1) is 0 Å². The number of nitrogens with one attached hydrogen (secondary N) is 2. The monoisotopic (exact) mass is 602 g/mol. The molecule has 14 heteroatoms. The van der Waals surface area contributed by atoms with Crippen molar-refractivity contribution in [3.63, 3.8) is 0 Å². The van der Waals surface area contributed by atoms with Crippen LogP contribution in [0.3, 0.4) is 0 Å². The lowest BCUT2D eigenvalue weighted by molar-refractivity contribution is -0.159. The zero-order chi connectivity index (χ0) is 32.0. The van der Waals surface area contributed by atoms with Gasteiger partial charge in [-0.1, -0.05) is 18.6 Å². The highest BCUT2D eigenvalue weighted by Gasteiger charge is 2.66. The van der Waals surface area contributed by atoms with Gasteiger partial charge in [0.25, 0.3) is 5.91 Å². The van der Waals surface area contributed by atoms with Crippen molar-refractivity contribution in [1.29, 1.82) is 0 Å². The standard InChI is InChI=1S/C29H38N4O10/c1-28(42)13-7-6-9-17(34)18(13)22(35)19-14(28)11-15-21(33(2)3)23(36)20(25(38)29(15,43)24(19)37)26(39)32-12-31-10-5-4-8-16(30)27(40)41/h6-7,9,14-16,21,31,34-35,38,42-43H,4-5,8,10-12,30H2,1-3H3,(H,32,39)(H,40,41)/t14?,15?,16-,21?,28?,29?/m0/s1. The summed E-state index contributed by atoms with van der Waals surface area (Å²) in [4.78, 5) is 53.1. The van der Waals surface area contributed by atoms with Crippen LogP contribution in [0, 0.1) is 11.8 Å². The van der Waals surface area contributed by atoms with Gasteiger partial charge >= 0.3 is 5.97 Å². The highest BCUT2D eigenvalue weighted by Crippen LogP contribution is 2.57. The molecule has 234 valence electrons. The molecule has 0 spiro atoms. The third-order valence-corrected chi connectivity index (χ3v) is 8.81. The lowest BCUT2D eigenvalue weighted by Crippen LogP contribution is -2.67. The number of likely N-dealkylation sites (N-methyl/N-ethyl adjacent to an activating group) is 1. The van der Waals surface area contributed by atoms with Crippen LogP contribution in [0.25, 0.3) is 5.76 Å². The van der Waals surface area contributed by atoms with E-state index in [1.165, 1.54) is 44.1 Å². The van der Waals surface area contributed by atoms with Crippen molar-refractivity contribution in [2.24, 2.45) is 17.6 Å². The second-order valence-corrected chi connectivity index (χ2v) is 11.7. The Morgan fingerprint density at radius 3 is 2.44 bits per heavy atom. The average Bonchev–Trinajstić information content (AvgIpc) is 2.92. The molecule has 1 aromatic rings. The summed E-state index contributed by atoms with van der Waals surface area (Å²) >= 11 is 0. The number of hydrogen-bond donors (Lipinski definition) is 9. The number of carboxylic acid groups (broad SMARTS) is 1. The molecular weight excluding hydrogens is 564 g/mol. The summed E-state index contributed by atoms with van der Waals surface area (Å²) in [5, 5.41) is 70.6. The number of carbonyl (C=O) groups is 4. The Kier molecular flexibility index (Phi) is 8.73. The van der Waals surface area contributed by atoms with Gasteiger partial charge in [0.05, 0.1) is 23.9 Å². The smallest absolute Gasteiger partial charge is 0.320 e. The molecule has 4 rings (SSSR count). The van der Waals surface area contributed by atoms with E-state index in [0.717, 1.165) is 0 Å². The molecule has 3 aliphatic rings. The second kappa shape index (κ2) is 11.7. The van der Waals surface area contributed by atoms with E-state index in [2.05, 4.69) is 10.6 Å². The van der Waals surface area contributed by atoms with Crippen molar-refractivity contribution < 1.29 is 49.8 Å². The first kappa shape index (κ1) is 32.1. The van der Waals surface area contributed by atoms with Gasteiger partial charge in [-0.05, 0) is 58.5 Å². The van der Waals surface area contributed by atoms with Gasteiger partial charge < -0.3 is 41.7 Å². The molecular formula is C29H38N4O10. The summed E-state index contributed by atoms with van der Waals surface area (Å²) in [6.07, 6.45) is 1.10. The van der Waals surface area contributed by atoms with Crippen LogP contribution < -0.4 is 16.4 Å². The number of hydrogen-bond acceptors (Lipinski definition) is 12. The van der Waals surface area contributed by atoms with Gasteiger partial charge in [0.2, 0.25) is 5.78 Å². The number of ketones is 2. The van der Waals surface area contributed by atoms with Crippen molar-refractivity contribution in [2.45, 2.75) is 55.9 Å². The molecule has 3 aliphatic carbocycles. The summed E-state index contributed by atoms with van der Waals surface area (Å²) in [5.74, 6) is -8.84. The molecule has 0 aliphatic heterocycles. The van der Waals surface area contributed by atoms with E-state index in [4.69, 9.17) is 10.8 Å². The van der Waals surface area contributed by atoms with Crippen LogP contribution in [0.15, 0.2) is 35.1 Å². The summed E-state index contributed by atoms with van der Waals surface area (Å²) in [5.41, 5.74) is -0.436. The van der Waals surface area contributed by atoms with Gasteiger partial charge in [0.15, 0.2) is 11.4 Å². The highest BCUT2D eigenvalue weighted by atomic mass is 16.4. The Hall–Kier alpha value is -3.82. The number of benzene rings is 1. The molecule has 0 heterocycles. The molecule has 43 heavy (non-hydrogen) atoms. The Balaban J connectivity index is 1.64. The number of carbonyl (C=O) groups excluding carboxylic acids is 3. The number of carboxylic acids is 1. The number of nitrogens with zero attached hydrogens (tertiary/aromatic N) is 1. The SMILES string of the molecule is CN(C)C1C(=O)C(C(=O)NCNCCCC[C@H](N)C(=O)O)=C(O)C2(O)C(=O)C3=C(O)c4c(O)cccc4C(C)(O)C3CC12.